The van der Waals surface area contributed by atoms with Crippen molar-refractivity contribution in [3.05, 3.63) is 35.9 Å². The first-order chi connectivity index (χ1) is 9.63. The highest BCUT2D eigenvalue weighted by Crippen LogP contribution is 2.25. The van der Waals surface area contributed by atoms with Crippen LogP contribution in [0, 0.1) is 5.92 Å². The largest absolute Gasteiger partial charge is 0.481 e. The van der Waals surface area contributed by atoms with Gasteiger partial charge < -0.3 is 10.4 Å². The normalized spacial score (nSPS) is 23.6. The van der Waals surface area contributed by atoms with Crippen LogP contribution in [0.4, 0.5) is 0 Å². The van der Waals surface area contributed by atoms with Crippen LogP contribution in [0.5, 0.6) is 0 Å². The molecule has 3 heteroatoms. The van der Waals surface area contributed by atoms with Crippen LogP contribution in [0.2, 0.25) is 0 Å². The maximum absolute atomic E-state index is 10.8. The molecule has 2 N–H and O–H groups in total. The van der Waals surface area contributed by atoms with Crippen molar-refractivity contribution in [1.82, 2.24) is 5.32 Å². The van der Waals surface area contributed by atoms with Crippen molar-refractivity contribution in [2.24, 2.45) is 5.92 Å². The second kappa shape index (κ2) is 7.44. The third kappa shape index (κ3) is 4.97. The fraction of sp³-hybridized carbons (Fsp3) is 0.588. The second-order valence-electron chi connectivity index (χ2n) is 6.10. The van der Waals surface area contributed by atoms with Gasteiger partial charge in [0.2, 0.25) is 0 Å². The van der Waals surface area contributed by atoms with Crippen LogP contribution < -0.4 is 5.32 Å². The van der Waals surface area contributed by atoms with E-state index in [1.54, 1.807) is 0 Å². The lowest BCUT2D eigenvalue weighted by Gasteiger charge is -2.23. The zero-order valence-corrected chi connectivity index (χ0v) is 12.2. The molecule has 0 spiro atoms. The number of carboxylic acids is 1. The molecule has 110 valence electrons. The van der Waals surface area contributed by atoms with Gasteiger partial charge in [0, 0.05) is 18.5 Å². The Labute approximate surface area is 121 Å². The summed E-state index contributed by atoms with van der Waals surface area (Å²) in [5.74, 6) is 0.0917. The summed E-state index contributed by atoms with van der Waals surface area (Å²) in [5, 5.41) is 12.6. The van der Waals surface area contributed by atoms with Gasteiger partial charge in [0.25, 0.3) is 0 Å². The van der Waals surface area contributed by atoms with Crippen LogP contribution >= 0.6 is 0 Å². The summed E-state index contributed by atoms with van der Waals surface area (Å²) in [6, 6.07) is 11.2. The molecule has 1 aromatic carbocycles. The SMILES string of the molecule is CC1CCC(NC(CCC(=O)O)Cc2ccccc2)C1. The number of carboxylic acid groups (broad SMARTS) is 1. The molecule has 0 radical (unpaired) electrons. The van der Waals surface area contributed by atoms with E-state index in [1.807, 2.05) is 18.2 Å². The quantitative estimate of drug-likeness (QED) is 0.803. The lowest BCUT2D eigenvalue weighted by atomic mass is 10.0. The predicted octanol–water partition coefficient (Wildman–Crippen LogP) is 3.24. The van der Waals surface area contributed by atoms with Gasteiger partial charge in [0.05, 0.1) is 0 Å². The number of rotatable bonds is 7. The van der Waals surface area contributed by atoms with Crippen LogP contribution in [-0.2, 0) is 11.2 Å². The molecule has 3 atom stereocenters. The molecule has 0 saturated heterocycles. The second-order valence-corrected chi connectivity index (χ2v) is 6.10. The summed E-state index contributed by atoms with van der Waals surface area (Å²) in [5.41, 5.74) is 1.28. The van der Waals surface area contributed by atoms with Gasteiger partial charge in [-0.25, -0.2) is 0 Å². The molecule has 0 aliphatic heterocycles. The average Bonchev–Trinajstić information content (AvgIpc) is 2.82. The smallest absolute Gasteiger partial charge is 0.303 e. The lowest BCUT2D eigenvalue weighted by Crippen LogP contribution is -2.38. The minimum atomic E-state index is -0.704. The van der Waals surface area contributed by atoms with E-state index in [0.717, 1.165) is 12.3 Å². The molecule has 0 amide bonds. The number of nitrogens with one attached hydrogen (secondary N) is 1. The standard InChI is InChI=1S/C17H25NO2/c1-13-7-8-15(11-13)18-16(9-10-17(19)20)12-14-5-3-2-4-6-14/h2-6,13,15-16,18H,7-12H2,1H3,(H,19,20). The van der Waals surface area contributed by atoms with Crippen LogP contribution in [0.3, 0.4) is 0 Å². The molecule has 3 nitrogen and oxygen atoms in total. The van der Waals surface area contributed by atoms with Gasteiger partial charge in [-0.3, -0.25) is 4.79 Å². The Balaban J connectivity index is 1.91. The zero-order valence-electron chi connectivity index (χ0n) is 12.2. The molecular weight excluding hydrogens is 250 g/mol. The van der Waals surface area contributed by atoms with E-state index in [0.29, 0.717) is 12.5 Å². The van der Waals surface area contributed by atoms with Crippen molar-refractivity contribution in [2.75, 3.05) is 0 Å². The van der Waals surface area contributed by atoms with Gasteiger partial charge in [0.15, 0.2) is 0 Å². The predicted molar refractivity (Wildman–Crippen MR) is 80.7 cm³/mol. The first-order valence-corrected chi connectivity index (χ1v) is 7.65. The van der Waals surface area contributed by atoms with E-state index < -0.39 is 5.97 Å². The Kier molecular flexibility index (Phi) is 5.60. The van der Waals surface area contributed by atoms with E-state index in [4.69, 9.17) is 5.11 Å². The average molecular weight is 275 g/mol. The van der Waals surface area contributed by atoms with Gasteiger partial charge in [-0.1, -0.05) is 37.3 Å². The van der Waals surface area contributed by atoms with E-state index in [1.165, 1.54) is 24.8 Å². The van der Waals surface area contributed by atoms with Crippen molar-refractivity contribution >= 4 is 5.97 Å². The zero-order chi connectivity index (χ0) is 14.4. The summed E-state index contributed by atoms with van der Waals surface area (Å²) in [6.45, 7) is 2.30. The van der Waals surface area contributed by atoms with Crippen LogP contribution in [-0.4, -0.2) is 23.2 Å². The summed E-state index contributed by atoms with van der Waals surface area (Å²) in [6.07, 6.45) is 5.59. The van der Waals surface area contributed by atoms with Crippen molar-refractivity contribution in [2.45, 2.75) is 57.5 Å². The van der Waals surface area contributed by atoms with Crippen molar-refractivity contribution in [3.63, 3.8) is 0 Å². The van der Waals surface area contributed by atoms with E-state index in [9.17, 15) is 4.79 Å². The molecule has 1 fully saturated rings. The maximum atomic E-state index is 10.8. The molecule has 0 aromatic heterocycles. The molecule has 1 aliphatic carbocycles. The molecule has 2 rings (SSSR count). The van der Waals surface area contributed by atoms with Crippen molar-refractivity contribution in [3.8, 4) is 0 Å². The fourth-order valence-corrected chi connectivity index (χ4v) is 3.13. The molecule has 0 bridgehead atoms. The first-order valence-electron chi connectivity index (χ1n) is 7.65. The van der Waals surface area contributed by atoms with E-state index in [2.05, 4.69) is 24.4 Å². The topological polar surface area (TPSA) is 49.3 Å². The molecule has 1 aromatic rings. The molecule has 0 heterocycles. The van der Waals surface area contributed by atoms with Crippen LogP contribution in [0.25, 0.3) is 0 Å². The summed E-state index contributed by atoms with van der Waals surface area (Å²) < 4.78 is 0. The van der Waals surface area contributed by atoms with Gasteiger partial charge in [-0.05, 0) is 43.6 Å². The Morgan fingerprint density at radius 3 is 2.70 bits per heavy atom. The number of carbonyl (C=O) groups is 1. The van der Waals surface area contributed by atoms with Crippen molar-refractivity contribution in [1.29, 1.82) is 0 Å². The highest BCUT2D eigenvalue weighted by molar-refractivity contribution is 5.66. The lowest BCUT2D eigenvalue weighted by molar-refractivity contribution is -0.137. The molecule has 1 saturated carbocycles. The Morgan fingerprint density at radius 2 is 2.10 bits per heavy atom. The van der Waals surface area contributed by atoms with E-state index in [-0.39, 0.29) is 12.5 Å². The molecule has 20 heavy (non-hydrogen) atoms. The number of hydrogen-bond acceptors (Lipinski definition) is 2. The van der Waals surface area contributed by atoms with E-state index >= 15 is 0 Å². The molecular formula is C17H25NO2. The summed E-state index contributed by atoms with van der Waals surface area (Å²) in [7, 11) is 0. The monoisotopic (exact) mass is 275 g/mol. The highest BCUT2D eigenvalue weighted by atomic mass is 16.4. The third-order valence-electron chi connectivity index (χ3n) is 4.20. The highest BCUT2D eigenvalue weighted by Gasteiger charge is 2.24. The minimum Gasteiger partial charge on any atom is -0.481 e. The molecule has 1 aliphatic rings. The number of hydrogen-bond donors (Lipinski definition) is 2. The maximum Gasteiger partial charge on any atom is 0.303 e. The summed E-state index contributed by atoms with van der Waals surface area (Å²) in [4.78, 5) is 10.8. The fourth-order valence-electron chi connectivity index (χ4n) is 3.13. The summed E-state index contributed by atoms with van der Waals surface area (Å²) >= 11 is 0. The Hall–Kier alpha value is -1.35. The first kappa shape index (κ1) is 15.0. The number of aliphatic carboxylic acids is 1. The Bertz CT molecular complexity index is 418. The van der Waals surface area contributed by atoms with Gasteiger partial charge in [0.1, 0.15) is 0 Å². The molecule has 3 unspecified atom stereocenters. The minimum absolute atomic E-state index is 0.243. The van der Waals surface area contributed by atoms with Gasteiger partial charge >= 0.3 is 5.97 Å². The third-order valence-corrected chi connectivity index (χ3v) is 4.20. The van der Waals surface area contributed by atoms with Crippen molar-refractivity contribution < 1.29 is 9.90 Å². The Morgan fingerprint density at radius 1 is 1.35 bits per heavy atom. The van der Waals surface area contributed by atoms with Gasteiger partial charge in [-0.15, -0.1) is 0 Å². The van der Waals surface area contributed by atoms with Crippen LogP contribution in [0.1, 0.15) is 44.6 Å². The van der Waals surface area contributed by atoms with Crippen LogP contribution in [0.15, 0.2) is 30.3 Å². The number of benzene rings is 1. The van der Waals surface area contributed by atoms with Gasteiger partial charge in [-0.2, -0.15) is 0 Å².